The molecule has 0 spiro atoms. The van der Waals surface area contributed by atoms with E-state index in [4.69, 9.17) is 9.47 Å². The van der Waals surface area contributed by atoms with Crippen molar-refractivity contribution in [2.24, 2.45) is 0 Å². The molecule has 28 heavy (non-hydrogen) atoms. The molecule has 0 N–H and O–H groups in total. The van der Waals surface area contributed by atoms with Crippen LogP contribution in [0.2, 0.25) is 0 Å². The number of carbonyl (C=O) groups is 2. The molecule has 2 aliphatic heterocycles. The van der Waals surface area contributed by atoms with Crippen LogP contribution in [0.15, 0.2) is 48.5 Å². The Morgan fingerprint density at radius 3 is 2.75 bits per heavy atom. The standard InChI is InChI=1S/C22H24N2O4/c1-27-19-8-7-17-12-20(16-5-3-2-4-6-16)24(13-18(17)11-19)21(25)14-23-9-10-28-15-22(23)26/h2-8,11,20H,9-10,12-15H2,1H3. The summed E-state index contributed by atoms with van der Waals surface area (Å²) in [6.45, 7) is 1.57. The van der Waals surface area contributed by atoms with Gasteiger partial charge < -0.3 is 19.3 Å². The molecule has 0 aliphatic carbocycles. The first kappa shape index (κ1) is 18.5. The zero-order valence-corrected chi connectivity index (χ0v) is 16.0. The van der Waals surface area contributed by atoms with E-state index in [1.165, 1.54) is 5.56 Å². The minimum absolute atomic E-state index is 0.0439. The molecule has 2 aromatic carbocycles. The van der Waals surface area contributed by atoms with Crippen LogP contribution in [0.25, 0.3) is 0 Å². The molecule has 1 atom stereocenters. The molecule has 0 aromatic heterocycles. The molecule has 146 valence electrons. The zero-order chi connectivity index (χ0) is 19.5. The number of carbonyl (C=O) groups excluding carboxylic acids is 2. The molecule has 6 nitrogen and oxygen atoms in total. The Labute approximate surface area is 164 Å². The number of fused-ring (bicyclic) bond motifs is 1. The fourth-order valence-corrected chi connectivity index (χ4v) is 3.89. The molecule has 4 rings (SSSR count). The Hall–Kier alpha value is -2.86. The highest BCUT2D eigenvalue weighted by Gasteiger charge is 2.33. The van der Waals surface area contributed by atoms with E-state index in [0.29, 0.717) is 19.7 Å². The van der Waals surface area contributed by atoms with Gasteiger partial charge in [-0.15, -0.1) is 0 Å². The molecule has 2 amide bonds. The van der Waals surface area contributed by atoms with Crippen molar-refractivity contribution >= 4 is 11.8 Å². The third kappa shape index (κ3) is 3.73. The van der Waals surface area contributed by atoms with Gasteiger partial charge in [-0.25, -0.2) is 0 Å². The summed E-state index contributed by atoms with van der Waals surface area (Å²) in [5.41, 5.74) is 3.42. The SMILES string of the molecule is COc1ccc2c(c1)CN(C(=O)CN1CCOCC1=O)C(c1ccccc1)C2. The molecular formula is C22H24N2O4. The summed E-state index contributed by atoms with van der Waals surface area (Å²) in [6, 6.07) is 16.1. The average Bonchev–Trinajstić information content (AvgIpc) is 2.74. The number of rotatable bonds is 4. The lowest BCUT2D eigenvalue weighted by atomic mass is 9.89. The summed E-state index contributed by atoms with van der Waals surface area (Å²) < 4.78 is 10.5. The van der Waals surface area contributed by atoms with Crippen LogP contribution in [0, 0.1) is 0 Å². The molecule has 6 heteroatoms. The largest absolute Gasteiger partial charge is 0.497 e. The molecule has 0 saturated carbocycles. The van der Waals surface area contributed by atoms with Gasteiger partial charge in [-0.3, -0.25) is 9.59 Å². The summed E-state index contributed by atoms with van der Waals surface area (Å²) in [4.78, 5) is 28.8. The molecule has 2 aliphatic rings. The Bertz CT molecular complexity index is 868. The average molecular weight is 380 g/mol. The quantitative estimate of drug-likeness (QED) is 0.816. The van der Waals surface area contributed by atoms with Gasteiger partial charge in [-0.2, -0.15) is 0 Å². The fraction of sp³-hybridized carbons (Fsp3) is 0.364. The number of hydrogen-bond donors (Lipinski definition) is 0. The van der Waals surface area contributed by atoms with Crippen LogP contribution in [0.3, 0.4) is 0 Å². The summed E-state index contributed by atoms with van der Waals surface area (Å²) in [7, 11) is 1.64. The van der Waals surface area contributed by atoms with Crippen molar-refractivity contribution < 1.29 is 19.1 Å². The zero-order valence-electron chi connectivity index (χ0n) is 16.0. The van der Waals surface area contributed by atoms with E-state index < -0.39 is 0 Å². The summed E-state index contributed by atoms with van der Waals surface area (Å²) >= 11 is 0. The minimum atomic E-state index is -0.130. The summed E-state index contributed by atoms with van der Waals surface area (Å²) in [5, 5.41) is 0. The van der Waals surface area contributed by atoms with Gasteiger partial charge in [0.1, 0.15) is 12.4 Å². The van der Waals surface area contributed by atoms with E-state index in [0.717, 1.165) is 23.3 Å². The monoisotopic (exact) mass is 380 g/mol. The number of ether oxygens (including phenoxy) is 2. The fourth-order valence-electron chi connectivity index (χ4n) is 3.89. The van der Waals surface area contributed by atoms with Crippen molar-refractivity contribution in [3.05, 3.63) is 65.2 Å². The van der Waals surface area contributed by atoms with Gasteiger partial charge in [0, 0.05) is 13.1 Å². The van der Waals surface area contributed by atoms with E-state index >= 15 is 0 Å². The van der Waals surface area contributed by atoms with Gasteiger partial charge in [0.15, 0.2) is 0 Å². The van der Waals surface area contributed by atoms with Crippen molar-refractivity contribution in [2.45, 2.75) is 19.0 Å². The number of hydrogen-bond acceptors (Lipinski definition) is 4. The second kappa shape index (κ2) is 8.02. The van der Waals surface area contributed by atoms with E-state index in [1.54, 1.807) is 12.0 Å². The molecule has 2 heterocycles. The first-order valence-corrected chi connectivity index (χ1v) is 9.51. The maximum atomic E-state index is 13.2. The number of amides is 2. The lowest BCUT2D eigenvalue weighted by Crippen LogP contribution is -2.49. The predicted molar refractivity (Wildman–Crippen MR) is 104 cm³/mol. The van der Waals surface area contributed by atoms with E-state index in [-0.39, 0.29) is 31.0 Å². The maximum Gasteiger partial charge on any atom is 0.249 e. The van der Waals surface area contributed by atoms with Crippen molar-refractivity contribution in [2.75, 3.05) is 33.4 Å². The number of nitrogens with zero attached hydrogens (tertiary/aromatic N) is 2. The van der Waals surface area contributed by atoms with Crippen molar-refractivity contribution in [1.82, 2.24) is 9.80 Å². The Balaban J connectivity index is 1.62. The van der Waals surface area contributed by atoms with Crippen molar-refractivity contribution in [3.63, 3.8) is 0 Å². The minimum Gasteiger partial charge on any atom is -0.497 e. The summed E-state index contributed by atoms with van der Waals surface area (Å²) in [6.07, 6.45) is 0.742. The van der Waals surface area contributed by atoms with E-state index in [1.807, 2.05) is 35.2 Å². The molecule has 1 saturated heterocycles. The lowest BCUT2D eigenvalue weighted by Gasteiger charge is -2.39. The Morgan fingerprint density at radius 2 is 2.00 bits per heavy atom. The van der Waals surface area contributed by atoms with E-state index in [9.17, 15) is 9.59 Å². The molecule has 1 fully saturated rings. The predicted octanol–water partition coefficient (Wildman–Crippen LogP) is 2.18. The highest BCUT2D eigenvalue weighted by atomic mass is 16.5. The van der Waals surface area contributed by atoms with Crippen LogP contribution in [0.4, 0.5) is 0 Å². The van der Waals surface area contributed by atoms with Crippen LogP contribution in [-0.4, -0.2) is 55.0 Å². The van der Waals surface area contributed by atoms with Crippen LogP contribution in [-0.2, 0) is 27.3 Å². The topological polar surface area (TPSA) is 59.1 Å². The Kier molecular flexibility index (Phi) is 5.30. The van der Waals surface area contributed by atoms with Gasteiger partial charge in [0.05, 0.1) is 26.3 Å². The number of benzene rings is 2. The van der Waals surface area contributed by atoms with Crippen LogP contribution in [0.5, 0.6) is 5.75 Å². The molecular weight excluding hydrogens is 356 g/mol. The van der Waals surface area contributed by atoms with Crippen LogP contribution < -0.4 is 4.74 Å². The van der Waals surface area contributed by atoms with Crippen molar-refractivity contribution in [1.29, 1.82) is 0 Å². The summed E-state index contributed by atoms with van der Waals surface area (Å²) in [5.74, 6) is 0.611. The number of morpholine rings is 1. The maximum absolute atomic E-state index is 13.2. The van der Waals surface area contributed by atoms with Gasteiger partial charge in [-0.1, -0.05) is 36.4 Å². The highest BCUT2D eigenvalue weighted by Crippen LogP contribution is 2.35. The van der Waals surface area contributed by atoms with Gasteiger partial charge in [0.25, 0.3) is 0 Å². The third-order valence-corrected chi connectivity index (χ3v) is 5.46. The van der Waals surface area contributed by atoms with Crippen LogP contribution in [0.1, 0.15) is 22.7 Å². The normalized spacial score (nSPS) is 19.3. The molecule has 1 unspecified atom stereocenters. The van der Waals surface area contributed by atoms with Crippen molar-refractivity contribution in [3.8, 4) is 5.75 Å². The van der Waals surface area contributed by atoms with Crippen LogP contribution >= 0.6 is 0 Å². The third-order valence-electron chi connectivity index (χ3n) is 5.46. The lowest BCUT2D eigenvalue weighted by molar-refractivity contribution is -0.149. The van der Waals surface area contributed by atoms with Gasteiger partial charge in [-0.05, 0) is 35.2 Å². The smallest absolute Gasteiger partial charge is 0.249 e. The molecule has 0 bridgehead atoms. The van der Waals surface area contributed by atoms with Gasteiger partial charge >= 0.3 is 0 Å². The van der Waals surface area contributed by atoms with E-state index in [2.05, 4.69) is 18.2 Å². The second-order valence-corrected chi connectivity index (χ2v) is 7.15. The molecule has 0 radical (unpaired) electrons. The second-order valence-electron chi connectivity index (χ2n) is 7.15. The first-order valence-electron chi connectivity index (χ1n) is 9.51. The highest BCUT2D eigenvalue weighted by molar-refractivity contribution is 5.86. The first-order chi connectivity index (χ1) is 13.7. The Morgan fingerprint density at radius 1 is 1.18 bits per heavy atom. The van der Waals surface area contributed by atoms with Gasteiger partial charge in [0.2, 0.25) is 11.8 Å². The number of methoxy groups -OCH3 is 1. The molecule has 2 aromatic rings.